The lowest BCUT2D eigenvalue weighted by Gasteiger charge is -1.91. The Labute approximate surface area is 67.7 Å². The van der Waals surface area contributed by atoms with E-state index in [-0.39, 0.29) is 8.41 Å². The summed E-state index contributed by atoms with van der Waals surface area (Å²) < 4.78 is 0. The molecule has 0 aliphatic carbocycles. The largest absolute Gasteiger partial charge is 0.264 e. The Balaban J connectivity index is 0.000000605. The summed E-state index contributed by atoms with van der Waals surface area (Å²) in [7, 11) is 0. The van der Waals surface area contributed by atoms with Crippen molar-refractivity contribution >= 4 is 19.2 Å². The zero-order valence-corrected chi connectivity index (χ0v) is 6.07. The van der Waals surface area contributed by atoms with E-state index < -0.39 is 0 Å². The lowest BCUT2D eigenvalue weighted by molar-refractivity contribution is 1.36. The fraction of sp³-hybridized carbons (Fsp3) is 0. The van der Waals surface area contributed by atoms with E-state index in [0.717, 1.165) is 0 Å². The average Bonchev–Trinajstić information content (AvgIpc) is 2.05. The molecule has 2 heteroatoms. The van der Waals surface area contributed by atoms with Gasteiger partial charge >= 0.3 is 0 Å². The first kappa shape index (κ1) is 7.80. The van der Waals surface area contributed by atoms with Crippen LogP contribution in [0.1, 0.15) is 0 Å². The molecule has 1 aromatic carbocycles. The van der Waals surface area contributed by atoms with E-state index >= 15 is 0 Å². The summed E-state index contributed by atoms with van der Waals surface area (Å²) in [4.78, 5) is 4.01. The fourth-order valence-electron chi connectivity index (χ4n) is 1.03. The van der Waals surface area contributed by atoms with Crippen LogP contribution in [0.15, 0.2) is 42.7 Å². The van der Waals surface area contributed by atoms with Crippen LogP contribution in [0.25, 0.3) is 10.8 Å². The molecule has 0 N–H and O–H groups in total. The smallest absolute Gasteiger partial charge is 0.0346 e. The molecule has 0 bridgehead atoms. The monoisotopic (exact) mass is 140 g/mol. The third-order valence-corrected chi connectivity index (χ3v) is 1.55. The van der Waals surface area contributed by atoms with Crippen molar-refractivity contribution in [1.29, 1.82) is 0 Å². The molecule has 51 valence electrons. The van der Waals surface area contributed by atoms with E-state index in [0.29, 0.717) is 0 Å². The standard InChI is InChI=1S/C9H7N.B/c1-2-4-9-7-10-6-5-8(9)3-1;/h1-7H;. The molecule has 11 heavy (non-hydrogen) atoms. The first-order valence-electron chi connectivity index (χ1n) is 3.25. The summed E-state index contributed by atoms with van der Waals surface area (Å²) in [6.07, 6.45) is 3.68. The Hall–Kier alpha value is -1.31. The maximum atomic E-state index is 4.01. The molecule has 0 saturated heterocycles. The van der Waals surface area contributed by atoms with Gasteiger partial charge in [-0.15, -0.1) is 0 Å². The van der Waals surface area contributed by atoms with E-state index in [1.807, 2.05) is 30.6 Å². The van der Waals surface area contributed by atoms with Gasteiger partial charge in [-0.3, -0.25) is 4.98 Å². The van der Waals surface area contributed by atoms with Gasteiger partial charge in [0.1, 0.15) is 0 Å². The Bertz CT molecular complexity index is 281. The maximum absolute atomic E-state index is 4.01. The highest BCUT2D eigenvalue weighted by Gasteiger charge is 1.86. The summed E-state index contributed by atoms with van der Waals surface area (Å²) in [5, 5.41) is 2.45. The van der Waals surface area contributed by atoms with E-state index in [9.17, 15) is 0 Å². The lowest BCUT2D eigenvalue weighted by atomic mass is 10.2. The summed E-state index contributed by atoms with van der Waals surface area (Å²) in [6.45, 7) is 0. The first-order chi connectivity index (χ1) is 4.97. The van der Waals surface area contributed by atoms with Gasteiger partial charge in [0.25, 0.3) is 0 Å². The van der Waals surface area contributed by atoms with Crippen molar-refractivity contribution in [3.8, 4) is 0 Å². The third kappa shape index (κ3) is 1.40. The van der Waals surface area contributed by atoms with Crippen LogP contribution in [0.5, 0.6) is 0 Å². The van der Waals surface area contributed by atoms with Crippen LogP contribution < -0.4 is 0 Å². The van der Waals surface area contributed by atoms with E-state index in [4.69, 9.17) is 0 Å². The minimum absolute atomic E-state index is 0. The van der Waals surface area contributed by atoms with E-state index in [2.05, 4.69) is 17.1 Å². The molecule has 0 aliphatic rings. The van der Waals surface area contributed by atoms with Gasteiger partial charge in [0.15, 0.2) is 0 Å². The first-order valence-corrected chi connectivity index (χ1v) is 3.25. The second-order valence-corrected chi connectivity index (χ2v) is 2.22. The van der Waals surface area contributed by atoms with Crippen LogP contribution >= 0.6 is 0 Å². The van der Waals surface area contributed by atoms with Crippen molar-refractivity contribution in [2.24, 2.45) is 0 Å². The highest BCUT2D eigenvalue weighted by molar-refractivity contribution is 5.80. The Morgan fingerprint density at radius 2 is 1.64 bits per heavy atom. The summed E-state index contributed by atoms with van der Waals surface area (Å²) in [5.41, 5.74) is 0. The molecule has 1 aromatic heterocycles. The van der Waals surface area contributed by atoms with Crippen LogP contribution in [0.2, 0.25) is 0 Å². The van der Waals surface area contributed by atoms with Crippen molar-refractivity contribution in [2.45, 2.75) is 0 Å². The topological polar surface area (TPSA) is 12.9 Å². The number of hydrogen-bond acceptors (Lipinski definition) is 1. The van der Waals surface area contributed by atoms with Gasteiger partial charge in [-0.05, 0) is 16.8 Å². The molecule has 2 rings (SSSR count). The summed E-state index contributed by atoms with van der Waals surface area (Å²) in [5.74, 6) is 0. The average molecular weight is 140 g/mol. The number of pyridine rings is 1. The molecular weight excluding hydrogens is 133 g/mol. The Morgan fingerprint density at radius 1 is 0.909 bits per heavy atom. The van der Waals surface area contributed by atoms with Gasteiger partial charge in [0.05, 0.1) is 0 Å². The van der Waals surface area contributed by atoms with Gasteiger partial charge in [0, 0.05) is 20.8 Å². The molecule has 1 nitrogen and oxygen atoms in total. The minimum atomic E-state index is 0. The number of fused-ring (bicyclic) bond motifs is 1. The Kier molecular flexibility index (Phi) is 2.26. The van der Waals surface area contributed by atoms with E-state index in [1.165, 1.54) is 10.8 Å². The minimum Gasteiger partial charge on any atom is -0.264 e. The molecule has 3 radical (unpaired) electrons. The SMILES string of the molecule is [B].c1ccc2cnccc2c1. The van der Waals surface area contributed by atoms with Gasteiger partial charge in [-0.25, -0.2) is 0 Å². The number of hydrogen-bond donors (Lipinski definition) is 0. The molecule has 0 fully saturated rings. The molecule has 0 spiro atoms. The van der Waals surface area contributed by atoms with Crippen LogP contribution in [0, 0.1) is 0 Å². The predicted octanol–water partition coefficient (Wildman–Crippen LogP) is 1.85. The molecule has 0 amide bonds. The fourth-order valence-corrected chi connectivity index (χ4v) is 1.03. The van der Waals surface area contributed by atoms with Gasteiger partial charge in [-0.2, -0.15) is 0 Å². The zero-order chi connectivity index (χ0) is 6.81. The van der Waals surface area contributed by atoms with Gasteiger partial charge in [-0.1, -0.05) is 24.3 Å². The second kappa shape index (κ2) is 3.19. The van der Waals surface area contributed by atoms with Crippen molar-refractivity contribution in [2.75, 3.05) is 0 Å². The highest BCUT2D eigenvalue weighted by Crippen LogP contribution is 2.09. The number of aromatic nitrogens is 1. The van der Waals surface area contributed by atoms with Crippen molar-refractivity contribution in [3.63, 3.8) is 0 Å². The van der Waals surface area contributed by atoms with E-state index in [1.54, 1.807) is 0 Å². The van der Waals surface area contributed by atoms with Crippen molar-refractivity contribution in [3.05, 3.63) is 42.7 Å². The van der Waals surface area contributed by atoms with Crippen LogP contribution in [0.3, 0.4) is 0 Å². The molecule has 1 heterocycles. The molecule has 0 unspecified atom stereocenters. The second-order valence-electron chi connectivity index (χ2n) is 2.22. The number of benzene rings is 1. The molecule has 0 aliphatic heterocycles. The molecule has 2 aromatic rings. The highest BCUT2D eigenvalue weighted by atomic mass is 14.6. The van der Waals surface area contributed by atoms with Gasteiger partial charge < -0.3 is 0 Å². The summed E-state index contributed by atoms with van der Waals surface area (Å²) >= 11 is 0. The molecule has 0 saturated carbocycles. The van der Waals surface area contributed by atoms with Crippen LogP contribution in [-0.2, 0) is 0 Å². The third-order valence-electron chi connectivity index (χ3n) is 1.55. The normalized spacial score (nSPS) is 9.09. The van der Waals surface area contributed by atoms with Gasteiger partial charge in [0.2, 0.25) is 0 Å². The zero-order valence-electron chi connectivity index (χ0n) is 6.07. The molecule has 0 atom stereocenters. The molecular formula is C9H7BN. The Morgan fingerprint density at radius 3 is 2.36 bits per heavy atom. The predicted molar refractivity (Wildman–Crippen MR) is 47.5 cm³/mol. The van der Waals surface area contributed by atoms with Crippen molar-refractivity contribution < 1.29 is 0 Å². The lowest BCUT2D eigenvalue weighted by Crippen LogP contribution is -1.71. The van der Waals surface area contributed by atoms with Crippen LogP contribution in [-0.4, -0.2) is 13.4 Å². The quantitative estimate of drug-likeness (QED) is 0.509. The summed E-state index contributed by atoms with van der Waals surface area (Å²) in [6, 6.07) is 10.2. The van der Waals surface area contributed by atoms with Crippen LogP contribution in [0.4, 0.5) is 0 Å². The number of nitrogens with zero attached hydrogens (tertiary/aromatic N) is 1. The maximum Gasteiger partial charge on any atom is 0.0346 e. The number of rotatable bonds is 0. The van der Waals surface area contributed by atoms with Crippen molar-refractivity contribution in [1.82, 2.24) is 4.98 Å².